The Hall–Kier alpha value is -1.87. The molecule has 4 rings (SSSR count). The number of nitrogens with one attached hydrogen (secondary N) is 2. The van der Waals surface area contributed by atoms with Crippen molar-refractivity contribution in [2.24, 2.45) is 0 Å². The molecule has 0 spiro atoms. The van der Waals surface area contributed by atoms with Crippen LogP contribution < -0.4 is 10.6 Å². The molecule has 2 bridgehead atoms. The van der Waals surface area contributed by atoms with Gasteiger partial charge in [-0.05, 0) is 42.5 Å². The van der Waals surface area contributed by atoms with E-state index in [2.05, 4.69) is 22.8 Å². The first-order valence-electron chi connectivity index (χ1n) is 7.84. The summed E-state index contributed by atoms with van der Waals surface area (Å²) in [6, 6.07) is 15.5. The molecule has 2 unspecified atom stereocenters. The Morgan fingerprint density at radius 1 is 1.00 bits per heavy atom. The van der Waals surface area contributed by atoms with Crippen LogP contribution in [0.25, 0.3) is 10.8 Å². The highest BCUT2D eigenvalue weighted by Crippen LogP contribution is 2.27. The van der Waals surface area contributed by atoms with Crippen molar-refractivity contribution in [2.45, 2.75) is 43.8 Å². The topological polar surface area (TPSA) is 41.1 Å². The Kier molecular flexibility index (Phi) is 3.15. The van der Waals surface area contributed by atoms with E-state index in [1.165, 1.54) is 12.8 Å². The zero-order chi connectivity index (χ0) is 14.2. The minimum absolute atomic E-state index is 0.0677. The van der Waals surface area contributed by atoms with Crippen molar-refractivity contribution in [3.63, 3.8) is 0 Å². The molecule has 108 valence electrons. The molecule has 2 atom stereocenters. The van der Waals surface area contributed by atoms with E-state index in [4.69, 9.17) is 0 Å². The smallest absolute Gasteiger partial charge is 0.252 e. The number of hydrogen-bond acceptors (Lipinski definition) is 2. The molecule has 2 saturated heterocycles. The van der Waals surface area contributed by atoms with Crippen molar-refractivity contribution in [1.82, 2.24) is 10.6 Å². The predicted octanol–water partition coefficient (Wildman–Crippen LogP) is 2.85. The van der Waals surface area contributed by atoms with Gasteiger partial charge in [-0.1, -0.05) is 36.4 Å². The van der Waals surface area contributed by atoms with Gasteiger partial charge in [0.05, 0.1) is 0 Å². The van der Waals surface area contributed by atoms with Crippen molar-refractivity contribution < 1.29 is 4.79 Å². The van der Waals surface area contributed by atoms with E-state index in [1.807, 2.05) is 30.3 Å². The highest BCUT2D eigenvalue weighted by atomic mass is 16.1. The lowest BCUT2D eigenvalue weighted by atomic mass is 9.98. The van der Waals surface area contributed by atoms with Crippen LogP contribution in [0, 0.1) is 0 Å². The summed E-state index contributed by atoms with van der Waals surface area (Å²) in [5.41, 5.74) is 0.791. The summed E-state index contributed by atoms with van der Waals surface area (Å²) in [6.07, 6.45) is 4.64. The van der Waals surface area contributed by atoms with Crippen LogP contribution in [-0.4, -0.2) is 24.0 Å². The minimum Gasteiger partial charge on any atom is -0.349 e. The maximum atomic E-state index is 12.6. The summed E-state index contributed by atoms with van der Waals surface area (Å²) >= 11 is 0. The first-order chi connectivity index (χ1) is 10.3. The van der Waals surface area contributed by atoms with E-state index in [0.29, 0.717) is 18.1 Å². The van der Waals surface area contributed by atoms with Crippen LogP contribution in [-0.2, 0) is 0 Å². The van der Waals surface area contributed by atoms with E-state index in [1.54, 1.807) is 0 Å². The number of fused-ring (bicyclic) bond motifs is 3. The van der Waals surface area contributed by atoms with Gasteiger partial charge in [0.15, 0.2) is 0 Å². The second-order valence-corrected chi connectivity index (χ2v) is 6.31. The molecule has 3 heteroatoms. The Labute approximate surface area is 124 Å². The van der Waals surface area contributed by atoms with Gasteiger partial charge >= 0.3 is 0 Å². The zero-order valence-electron chi connectivity index (χ0n) is 12.0. The van der Waals surface area contributed by atoms with Gasteiger partial charge in [0, 0.05) is 23.7 Å². The van der Waals surface area contributed by atoms with Gasteiger partial charge in [-0.3, -0.25) is 4.79 Å². The SMILES string of the molecule is O=C(NC1CC2CCC(C1)N2)c1cccc2ccccc12. The lowest BCUT2D eigenvalue weighted by molar-refractivity contribution is 0.0925. The van der Waals surface area contributed by atoms with Crippen LogP contribution in [0.3, 0.4) is 0 Å². The molecule has 2 aliphatic heterocycles. The molecular weight excluding hydrogens is 260 g/mol. The molecule has 2 fully saturated rings. The fourth-order valence-electron chi connectivity index (χ4n) is 3.86. The minimum atomic E-state index is 0.0677. The molecule has 2 aromatic carbocycles. The summed E-state index contributed by atoms with van der Waals surface area (Å²) in [5.74, 6) is 0.0677. The maximum absolute atomic E-state index is 12.6. The lowest BCUT2D eigenvalue weighted by Crippen LogP contribution is -2.48. The van der Waals surface area contributed by atoms with Crippen LogP contribution in [0.4, 0.5) is 0 Å². The summed E-state index contributed by atoms with van der Waals surface area (Å²) in [7, 11) is 0. The average Bonchev–Trinajstić information content (AvgIpc) is 2.85. The Balaban J connectivity index is 1.56. The second kappa shape index (κ2) is 5.15. The maximum Gasteiger partial charge on any atom is 0.252 e. The fraction of sp³-hybridized carbons (Fsp3) is 0.389. The van der Waals surface area contributed by atoms with E-state index in [0.717, 1.165) is 29.2 Å². The van der Waals surface area contributed by atoms with Crippen LogP contribution in [0.1, 0.15) is 36.0 Å². The average molecular weight is 280 g/mol. The van der Waals surface area contributed by atoms with Crippen molar-refractivity contribution in [1.29, 1.82) is 0 Å². The summed E-state index contributed by atoms with van der Waals surface area (Å²) in [4.78, 5) is 12.6. The number of carbonyl (C=O) groups is 1. The molecule has 2 N–H and O–H groups in total. The predicted molar refractivity (Wildman–Crippen MR) is 84.4 cm³/mol. The first kappa shape index (κ1) is 12.8. The lowest BCUT2D eigenvalue weighted by Gasteiger charge is -2.29. The Bertz CT molecular complexity index is 664. The van der Waals surface area contributed by atoms with E-state index < -0.39 is 0 Å². The molecule has 1 amide bonds. The highest BCUT2D eigenvalue weighted by Gasteiger charge is 2.34. The second-order valence-electron chi connectivity index (χ2n) is 6.31. The van der Waals surface area contributed by atoms with E-state index in [9.17, 15) is 4.79 Å². The Morgan fingerprint density at radius 2 is 1.71 bits per heavy atom. The number of hydrogen-bond donors (Lipinski definition) is 2. The number of benzene rings is 2. The zero-order valence-corrected chi connectivity index (χ0v) is 12.0. The molecule has 0 aliphatic carbocycles. The number of piperidine rings is 1. The van der Waals surface area contributed by atoms with Crippen LogP contribution >= 0.6 is 0 Å². The largest absolute Gasteiger partial charge is 0.349 e. The molecule has 0 aromatic heterocycles. The molecule has 21 heavy (non-hydrogen) atoms. The quantitative estimate of drug-likeness (QED) is 0.888. The number of carbonyl (C=O) groups excluding carboxylic acids is 1. The van der Waals surface area contributed by atoms with Gasteiger partial charge in [-0.25, -0.2) is 0 Å². The first-order valence-corrected chi connectivity index (χ1v) is 7.84. The molecule has 0 radical (unpaired) electrons. The summed E-state index contributed by atoms with van der Waals surface area (Å²) < 4.78 is 0. The third-order valence-corrected chi connectivity index (χ3v) is 4.84. The molecule has 3 nitrogen and oxygen atoms in total. The van der Waals surface area contributed by atoms with Crippen molar-refractivity contribution in [3.8, 4) is 0 Å². The van der Waals surface area contributed by atoms with Gasteiger partial charge in [-0.15, -0.1) is 0 Å². The van der Waals surface area contributed by atoms with Crippen molar-refractivity contribution in [3.05, 3.63) is 48.0 Å². The number of amides is 1. The standard InChI is InChI=1S/C18H20N2O/c21-18(20-15-10-13-8-9-14(11-15)19-13)17-7-3-5-12-4-1-2-6-16(12)17/h1-7,13-15,19H,8-11H2,(H,20,21). The van der Waals surface area contributed by atoms with E-state index in [-0.39, 0.29) is 5.91 Å². The molecule has 2 aliphatic rings. The third-order valence-electron chi connectivity index (χ3n) is 4.84. The van der Waals surface area contributed by atoms with E-state index >= 15 is 0 Å². The highest BCUT2D eigenvalue weighted by molar-refractivity contribution is 6.07. The number of rotatable bonds is 2. The summed E-state index contributed by atoms with van der Waals surface area (Å²) in [5, 5.41) is 9.02. The molecule has 0 saturated carbocycles. The van der Waals surface area contributed by atoms with Gasteiger partial charge in [0.2, 0.25) is 0 Å². The fourth-order valence-corrected chi connectivity index (χ4v) is 3.86. The van der Waals surface area contributed by atoms with Crippen molar-refractivity contribution in [2.75, 3.05) is 0 Å². The third kappa shape index (κ3) is 2.42. The van der Waals surface area contributed by atoms with Gasteiger partial charge in [0.1, 0.15) is 0 Å². The van der Waals surface area contributed by atoms with Crippen LogP contribution in [0.15, 0.2) is 42.5 Å². The normalized spacial score (nSPS) is 27.7. The monoisotopic (exact) mass is 280 g/mol. The summed E-state index contributed by atoms with van der Waals surface area (Å²) in [6.45, 7) is 0. The van der Waals surface area contributed by atoms with Crippen LogP contribution in [0.5, 0.6) is 0 Å². The van der Waals surface area contributed by atoms with Gasteiger partial charge in [-0.2, -0.15) is 0 Å². The van der Waals surface area contributed by atoms with Crippen LogP contribution in [0.2, 0.25) is 0 Å². The van der Waals surface area contributed by atoms with Gasteiger partial charge in [0.25, 0.3) is 5.91 Å². The molecule has 2 heterocycles. The molecular formula is C18H20N2O. The van der Waals surface area contributed by atoms with Crippen molar-refractivity contribution >= 4 is 16.7 Å². The van der Waals surface area contributed by atoms with Gasteiger partial charge < -0.3 is 10.6 Å². The molecule has 2 aromatic rings. The Morgan fingerprint density at radius 3 is 2.52 bits per heavy atom.